The summed E-state index contributed by atoms with van der Waals surface area (Å²) in [4.78, 5) is 0. The van der Waals surface area contributed by atoms with E-state index in [2.05, 4.69) is 15.9 Å². The van der Waals surface area contributed by atoms with Crippen LogP contribution in [0.3, 0.4) is 0 Å². The highest BCUT2D eigenvalue weighted by Gasteiger charge is 2.08. The smallest absolute Gasteiger partial charge is 0.129 e. The van der Waals surface area contributed by atoms with E-state index in [4.69, 9.17) is 9.47 Å². The summed E-state index contributed by atoms with van der Waals surface area (Å²) >= 11 is 3.29. The maximum absolute atomic E-state index is 13.6. The van der Waals surface area contributed by atoms with Crippen molar-refractivity contribution in [2.24, 2.45) is 0 Å². The number of aliphatic hydroxyl groups is 1. The molecule has 0 aliphatic rings. The Morgan fingerprint density at radius 1 is 1.15 bits per heavy atom. The molecule has 0 spiro atoms. The number of methoxy groups -OCH3 is 1. The zero-order valence-corrected chi connectivity index (χ0v) is 12.5. The first-order valence-corrected chi connectivity index (χ1v) is 6.78. The topological polar surface area (TPSA) is 38.7 Å². The van der Waals surface area contributed by atoms with Gasteiger partial charge < -0.3 is 14.6 Å². The van der Waals surface area contributed by atoms with Crippen molar-refractivity contribution in [3.63, 3.8) is 0 Å². The van der Waals surface area contributed by atoms with Crippen LogP contribution in [0.5, 0.6) is 11.5 Å². The molecule has 0 saturated carbocycles. The number of benzene rings is 2. The highest BCUT2D eigenvalue weighted by Crippen LogP contribution is 2.26. The minimum atomic E-state index is -0.332. The van der Waals surface area contributed by atoms with E-state index in [0.29, 0.717) is 22.6 Å². The highest BCUT2D eigenvalue weighted by atomic mass is 79.9. The molecule has 0 radical (unpaired) electrons. The fourth-order valence-corrected chi connectivity index (χ4v) is 2.14. The Labute approximate surface area is 125 Å². The van der Waals surface area contributed by atoms with Gasteiger partial charge in [-0.05, 0) is 30.3 Å². The monoisotopic (exact) mass is 340 g/mol. The fourth-order valence-electron chi connectivity index (χ4n) is 1.74. The molecule has 106 valence electrons. The second-order valence-electron chi connectivity index (χ2n) is 4.16. The molecule has 0 unspecified atom stereocenters. The molecule has 0 aromatic heterocycles. The van der Waals surface area contributed by atoms with E-state index in [1.54, 1.807) is 37.4 Å². The third-order valence-electron chi connectivity index (χ3n) is 2.84. The predicted octanol–water partition coefficient (Wildman–Crippen LogP) is 3.67. The molecule has 2 aromatic rings. The van der Waals surface area contributed by atoms with Gasteiger partial charge in [0.25, 0.3) is 0 Å². The molecular weight excluding hydrogens is 327 g/mol. The average molecular weight is 341 g/mol. The summed E-state index contributed by atoms with van der Waals surface area (Å²) in [6.45, 7) is -0.0776. The standard InChI is InChI=1S/C15H14BrFO3/c1-19-13-4-2-10(8-18)15(7-13)20-9-11-6-12(16)3-5-14(11)17/h2-7,18H,8-9H2,1H3. The fraction of sp³-hybridized carbons (Fsp3) is 0.200. The van der Waals surface area contributed by atoms with Gasteiger partial charge in [-0.15, -0.1) is 0 Å². The van der Waals surface area contributed by atoms with Crippen molar-refractivity contribution in [2.75, 3.05) is 7.11 Å². The Balaban J connectivity index is 2.19. The summed E-state index contributed by atoms with van der Waals surface area (Å²) in [5.74, 6) is 0.764. The molecule has 0 saturated heterocycles. The number of aliphatic hydroxyl groups excluding tert-OH is 1. The predicted molar refractivity (Wildman–Crippen MR) is 77.3 cm³/mol. The zero-order valence-electron chi connectivity index (χ0n) is 10.9. The van der Waals surface area contributed by atoms with Crippen molar-refractivity contribution in [2.45, 2.75) is 13.2 Å². The Bertz CT molecular complexity index is 602. The van der Waals surface area contributed by atoms with Crippen molar-refractivity contribution in [3.05, 3.63) is 57.8 Å². The van der Waals surface area contributed by atoms with Gasteiger partial charge in [-0.2, -0.15) is 0 Å². The summed E-state index contributed by atoms with van der Waals surface area (Å²) in [5, 5.41) is 9.28. The van der Waals surface area contributed by atoms with Crippen LogP contribution in [0.15, 0.2) is 40.9 Å². The first-order valence-electron chi connectivity index (χ1n) is 5.98. The Kier molecular flexibility index (Phi) is 4.98. The number of ether oxygens (including phenoxy) is 2. The Hall–Kier alpha value is -1.59. The molecule has 0 atom stereocenters. The van der Waals surface area contributed by atoms with Crippen LogP contribution in [0.1, 0.15) is 11.1 Å². The molecule has 2 rings (SSSR count). The van der Waals surface area contributed by atoms with E-state index in [0.717, 1.165) is 4.47 Å². The molecule has 0 bridgehead atoms. The molecule has 0 aliphatic carbocycles. The van der Waals surface area contributed by atoms with Gasteiger partial charge in [0.05, 0.1) is 13.7 Å². The van der Waals surface area contributed by atoms with Gasteiger partial charge in [-0.25, -0.2) is 4.39 Å². The van der Waals surface area contributed by atoms with E-state index < -0.39 is 0 Å². The largest absolute Gasteiger partial charge is 0.497 e. The SMILES string of the molecule is COc1ccc(CO)c(OCc2cc(Br)ccc2F)c1. The average Bonchev–Trinajstić information content (AvgIpc) is 2.47. The lowest BCUT2D eigenvalue weighted by Crippen LogP contribution is -2.01. The highest BCUT2D eigenvalue weighted by molar-refractivity contribution is 9.10. The summed E-state index contributed by atoms with van der Waals surface area (Å²) in [5.41, 5.74) is 1.06. The first kappa shape index (κ1) is 14.8. The molecule has 0 amide bonds. The summed E-state index contributed by atoms with van der Waals surface area (Å²) in [7, 11) is 1.55. The van der Waals surface area contributed by atoms with Gasteiger partial charge in [0.15, 0.2) is 0 Å². The number of hydrogen-bond acceptors (Lipinski definition) is 3. The maximum atomic E-state index is 13.6. The lowest BCUT2D eigenvalue weighted by molar-refractivity contribution is 0.256. The third-order valence-corrected chi connectivity index (χ3v) is 3.33. The van der Waals surface area contributed by atoms with Gasteiger partial charge in [0, 0.05) is 21.7 Å². The van der Waals surface area contributed by atoms with E-state index in [-0.39, 0.29) is 19.0 Å². The van der Waals surface area contributed by atoms with Gasteiger partial charge in [0.2, 0.25) is 0 Å². The van der Waals surface area contributed by atoms with Crippen LogP contribution in [0.4, 0.5) is 4.39 Å². The summed E-state index contributed by atoms with van der Waals surface area (Å²) < 4.78 is 25.1. The van der Waals surface area contributed by atoms with Gasteiger partial charge in [-0.3, -0.25) is 0 Å². The van der Waals surface area contributed by atoms with E-state index in [9.17, 15) is 9.50 Å². The lowest BCUT2D eigenvalue weighted by Gasteiger charge is -2.12. The third kappa shape index (κ3) is 3.49. The molecule has 2 aromatic carbocycles. The summed E-state index contributed by atoms with van der Waals surface area (Å²) in [6, 6.07) is 9.78. The number of halogens is 2. The van der Waals surface area contributed by atoms with Crippen molar-refractivity contribution in [1.82, 2.24) is 0 Å². The quantitative estimate of drug-likeness (QED) is 0.902. The normalized spacial score (nSPS) is 10.4. The number of rotatable bonds is 5. The molecular formula is C15H14BrFO3. The molecule has 0 aliphatic heterocycles. The van der Waals surface area contributed by atoms with Crippen molar-refractivity contribution >= 4 is 15.9 Å². The first-order chi connectivity index (χ1) is 9.63. The number of hydrogen-bond donors (Lipinski definition) is 1. The molecule has 20 heavy (non-hydrogen) atoms. The lowest BCUT2D eigenvalue weighted by atomic mass is 10.2. The van der Waals surface area contributed by atoms with Crippen LogP contribution in [-0.4, -0.2) is 12.2 Å². The Morgan fingerprint density at radius 3 is 2.65 bits per heavy atom. The van der Waals surface area contributed by atoms with Crippen molar-refractivity contribution in [1.29, 1.82) is 0 Å². The molecule has 1 N–H and O–H groups in total. The second-order valence-corrected chi connectivity index (χ2v) is 5.07. The van der Waals surface area contributed by atoms with Gasteiger partial charge in [-0.1, -0.05) is 15.9 Å². The molecule has 0 heterocycles. The van der Waals surface area contributed by atoms with E-state index >= 15 is 0 Å². The van der Waals surface area contributed by atoms with Crippen LogP contribution in [0.2, 0.25) is 0 Å². The van der Waals surface area contributed by atoms with Crippen LogP contribution in [0.25, 0.3) is 0 Å². The van der Waals surface area contributed by atoms with Crippen LogP contribution in [-0.2, 0) is 13.2 Å². The van der Waals surface area contributed by atoms with Crippen LogP contribution < -0.4 is 9.47 Å². The molecule has 5 heteroatoms. The second kappa shape index (κ2) is 6.72. The maximum Gasteiger partial charge on any atom is 0.129 e. The molecule has 3 nitrogen and oxygen atoms in total. The van der Waals surface area contributed by atoms with Gasteiger partial charge in [0.1, 0.15) is 23.9 Å². The van der Waals surface area contributed by atoms with Crippen molar-refractivity contribution < 1.29 is 19.0 Å². The van der Waals surface area contributed by atoms with Crippen LogP contribution >= 0.6 is 15.9 Å². The van der Waals surface area contributed by atoms with Crippen molar-refractivity contribution in [3.8, 4) is 11.5 Å². The van der Waals surface area contributed by atoms with Gasteiger partial charge >= 0.3 is 0 Å². The zero-order chi connectivity index (χ0) is 14.5. The van der Waals surface area contributed by atoms with E-state index in [1.165, 1.54) is 6.07 Å². The van der Waals surface area contributed by atoms with E-state index in [1.807, 2.05) is 0 Å². The minimum absolute atomic E-state index is 0.0748. The van der Waals surface area contributed by atoms with Crippen LogP contribution in [0, 0.1) is 5.82 Å². The molecule has 0 fully saturated rings. The Morgan fingerprint density at radius 2 is 1.95 bits per heavy atom. The summed E-state index contributed by atoms with van der Waals surface area (Å²) in [6.07, 6.45) is 0. The minimum Gasteiger partial charge on any atom is -0.497 e.